The summed E-state index contributed by atoms with van der Waals surface area (Å²) in [6.45, 7) is 0. The third-order valence-electron chi connectivity index (χ3n) is 3.33. The van der Waals surface area contributed by atoms with Crippen LogP contribution < -0.4 is 5.43 Å². The second kappa shape index (κ2) is 10.1. The van der Waals surface area contributed by atoms with Crippen LogP contribution in [0.15, 0.2) is 62.3 Å². The number of phenols is 2. The highest BCUT2D eigenvalue weighted by atomic mass is 32.2. The van der Waals surface area contributed by atoms with Crippen molar-refractivity contribution in [3.63, 3.8) is 0 Å². The third-order valence-corrected chi connectivity index (χ3v) is 6.59. The molecule has 0 aliphatic heterocycles. The number of carbonyl (C=O) groups is 1. The number of rotatable bonds is 8. The topological polar surface area (TPSA) is 108 Å². The Balaban J connectivity index is 1.42. The van der Waals surface area contributed by atoms with E-state index in [1.54, 1.807) is 11.8 Å². The molecule has 0 saturated carbocycles. The average molecular weight is 433 g/mol. The van der Waals surface area contributed by atoms with Crippen LogP contribution in [-0.2, 0) is 10.5 Å². The zero-order valence-corrected chi connectivity index (χ0v) is 16.9. The van der Waals surface area contributed by atoms with E-state index in [1.807, 2.05) is 18.2 Å². The van der Waals surface area contributed by atoms with Crippen molar-refractivity contribution in [3.05, 3.63) is 59.7 Å². The zero-order valence-electron chi connectivity index (χ0n) is 14.5. The highest BCUT2D eigenvalue weighted by Gasteiger charge is 2.08. The van der Waals surface area contributed by atoms with E-state index in [1.165, 1.54) is 53.1 Å². The molecule has 10 heteroatoms. The van der Waals surface area contributed by atoms with Crippen LogP contribution in [-0.4, -0.2) is 38.3 Å². The minimum Gasteiger partial charge on any atom is -0.508 e. The van der Waals surface area contributed by atoms with Crippen molar-refractivity contribution in [1.82, 2.24) is 15.6 Å². The molecule has 0 unspecified atom stereocenters. The number of amides is 1. The fraction of sp³-hybridized carbons (Fsp3) is 0.111. The van der Waals surface area contributed by atoms with Gasteiger partial charge in [-0.05, 0) is 17.7 Å². The first-order valence-corrected chi connectivity index (χ1v) is 10.9. The van der Waals surface area contributed by atoms with E-state index in [-0.39, 0.29) is 23.2 Å². The van der Waals surface area contributed by atoms with Crippen LogP contribution in [0.5, 0.6) is 11.5 Å². The van der Waals surface area contributed by atoms with Crippen molar-refractivity contribution in [2.45, 2.75) is 14.4 Å². The van der Waals surface area contributed by atoms with Crippen LogP contribution >= 0.6 is 34.9 Å². The van der Waals surface area contributed by atoms with Crippen molar-refractivity contribution in [1.29, 1.82) is 0 Å². The first kappa shape index (κ1) is 20.2. The fourth-order valence-corrected chi connectivity index (χ4v) is 4.78. The molecule has 3 N–H and O–H groups in total. The van der Waals surface area contributed by atoms with Gasteiger partial charge in [-0.1, -0.05) is 65.2 Å². The Morgan fingerprint density at radius 1 is 1.11 bits per heavy atom. The maximum atomic E-state index is 11.9. The number of aromatic hydroxyl groups is 2. The molecule has 0 spiro atoms. The minimum atomic E-state index is -0.298. The van der Waals surface area contributed by atoms with Crippen molar-refractivity contribution < 1.29 is 15.0 Å². The molecule has 3 aromatic rings. The molecule has 7 nitrogen and oxygen atoms in total. The van der Waals surface area contributed by atoms with Gasteiger partial charge in [0.15, 0.2) is 8.68 Å². The van der Waals surface area contributed by atoms with Crippen LogP contribution in [0.2, 0.25) is 0 Å². The van der Waals surface area contributed by atoms with Crippen LogP contribution in [0.4, 0.5) is 0 Å². The molecule has 144 valence electrons. The van der Waals surface area contributed by atoms with Gasteiger partial charge >= 0.3 is 0 Å². The molecule has 0 bridgehead atoms. The number of hydrazone groups is 1. The summed E-state index contributed by atoms with van der Waals surface area (Å²) in [6, 6.07) is 14.2. The Kier molecular flexibility index (Phi) is 7.29. The molecule has 1 amide bonds. The largest absolute Gasteiger partial charge is 0.508 e. The molecular weight excluding hydrogens is 416 g/mol. The van der Waals surface area contributed by atoms with Gasteiger partial charge in [-0.2, -0.15) is 5.10 Å². The highest BCUT2D eigenvalue weighted by Crippen LogP contribution is 2.30. The van der Waals surface area contributed by atoms with E-state index in [0.717, 1.165) is 10.1 Å². The number of benzene rings is 2. The fourth-order valence-electron chi connectivity index (χ4n) is 2.01. The van der Waals surface area contributed by atoms with Gasteiger partial charge in [-0.25, -0.2) is 5.43 Å². The van der Waals surface area contributed by atoms with E-state index in [0.29, 0.717) is 9.90 Å². The Labute approximate surface area is 173 Å². The van der Waals surface area contributed by atoms with E-state index < -0.39 is 0 Å². The summed E-state index contributed by atoms with van der Waals surface area (Å²) in [5.41, 5.74) is 3.98. The number of nitrogens with one attached hydrogen (secondary N) is 1. The lowest BCUT2D eigenvalue weighted by Gasteiger charge is -2.00. The summed E-state index contributed by atoms with van der Waals surface area (Å²) in [5, 5.41) is 30.9. The molecule has 3 rings (SSSR count). The molecule has 0 aliphatic rings. The molecule has 2 aromatic carbocycles. The van der Waals surface area contributed by atoms with Gasteiger partial charge in [0.2, 0.25) is 0 Å². The quantitative estimate of drug-likeness (QED) is 0.284. The van der Waals surface area contributed by atoms with Crippen molar-refractivity contribution in [2.24, 2.45) is 5.10 Å². The van der Waals surface area contributed by atoms with Crippen LogP contribution in [0, 0.1) is 0 Å². The van der Waals surface area contributed by atoms with Gasteiger partial charge in [0.25, 0.3) is 5.91 Å². The van der Waals surface area contributed by atoms with E-state index >= 15 is 0 Å². The van der Waals surface area contributed by atoms with E-state index in [2.05, 4.69) is 32.9 Å². The normalized spacial score (nSPS) is 11.0. The number of carbonyl (C=O) groups excluding carboxylic acids is 1. The lowest BCUT2D eigenvalue weighted by Crippen LogP contribution is -2.19. The Hall–Kier alpha value is -2.56. The standard InChI is InChI=1S/C18H16N4O3S3/c23-14-7-6-13(15(24)8-14)9-19-20-16(25)11-27-18-22-21-17(28-18)26-10-12-4-2-1-3-5-12/h1-9,23-24H,10-11H2,(H,20,25)/b19-9+. The summed E-state index contributed by atoms with van der Waals surface area (Å²) in [5.74, 6) is 0.500. The maximum Gasteiger partial charge on any atom is 0.250 e. The van der Waals surface area contributed by atoms with Crippen LogP contribution in [0.1, 0.15) is 11.1 Å². The Bertz CT molecular complexity index is 964. The molecule has 0 atom stereocenters. The monoisotopic (exact) mass is 432 g/mol. The molecule has 1 heterocycles. The van der Waals surface area contributed by atoms with Crippen molar-refractivity contribution in [3.8, 4) is 11.5 Å². The average Bonchev–Trinajstić information content (AvgIpc) is 3.15. The summed E-state index contributed by atoms with van der Waals surface area (Å²) < 4.78 is 1.57. The van der Waals surface area contributed by atoms with E-state index in [4.69, 9.17) is 0 Å². The SMILES string of the molecule is O=C(CSc1nnc(SCc2ccccc2)s1)N/N=C/c1ccc(O)cc1O. The third kappa shape index (κ3) is 6.25. The summed E-state index contributed by atoms with van der Waals surface area (Å²) in [7, 11) is 0. The Morgan fingerprint density at radius 2 is 1.86 bits per heavy atom. The van der Waals surface area contributed by atoms with Gasteiger partial charge in [0, 0.05) is 17.4 Å². The van der Waals surface area contributed by atoms with Gasteiger partial charge in [-0.3, -0.25) is 4.79 Å². The lowest BCUT2D eigenvalue weighted by molar-refractivity contribution is -0.118. The van der Waals surface area contributed by atoms with Gasteiger partial charge in [0.05, 0.1) is 12.0 Å². The number of aromatic nitrogens is 2. The molecule has 0 aliphatic carbocycles. The number of hydrogen-bond acceptors (Lipinski definition) is 9. The highest BCUT2D eigenvalue weighted by molar-refractivity contribution is 8.03. The van der Waals surface area contributed by atoms with Crippen LogP contribution in [0.25, 0.3) is 0 Å². The zero-order chi connectivity index (χ0) is 19.8. The molecular formula is C18H16N4O3S3. The first-order chi connectivity index (χ1) is 13.6. The van der Waals surface area contributed by atoms with Crippen LogP contribution in [0.3, 0.4) is 0 Å². The molecule has 0 fully saturated rings. The van der Waals surface area contributed by atoms with Gasteiger partial charge < -0.3 is 10.2 Å². The predicted molar refractivity (Wildman–Crippen MR) is 112 cm³/mol. The number of hydrogen-bond donors (Lipinski definition) is 3. The summed E-state index contributed by atoms with van der Waals surface area (Å²) >= 11 is 4.34. The van der Waals surface area contributed by atoms with E-state index in [9.17, 15) is 15.0 Å². The van der Waals surface area contributed by atoms with Crippen molar-refractivity contribution >= 4 is 47.0 Å². The first-order valence-electron chi connectivity index (χ1n) is 8.07. The predicted octanol–water partition coefficient (Wildman–Crippen LogP) is 3.48. The molecule has 1 aromatic heterocycles. The maximum absolute atomic E-state index is 11.9. The number of thioether (sulfide) groups is 2. The second-order valence-corrected chi connectivity index (χ2v) is 8.86. The Morgan fingerprint density at radius 3 is 2.61 bits per heavy atom. The lowest BCUT2D eigenvalue weighted by atomic mass is 10.2. The van der Waals surface area contributed by atoms with Gasteiger partial charge in [-0.15, -0.1) is 10.2 Å². The smallest absolute Gasteiger partial charge is 0.250 e. The van der Waals surface area contributed by atoms with Gasteiger partial charge in [0.1, 0.15) is 11.5 Å². The molecule has 0 saturated heterocycles. The van der Waals surface area contributed by atoms with Crippen molar-refractivity contribution in [2.75, 3.05) is 5.75 Å². The second-order valence-electron chi connectivity index (χ2n) is 5.43. The molecule has 0 radical (unpaired) electrons. The number of phenolic OH excluding ortho intramolecular Hbond substituents is 2. The molecule has 28 heavy (non-hydrogen) atoms. The summed E-state index contributed by atoms with van der Waals surface area (Å²) in [4.78, 5) is 11.9. The minimum absolute atomic E-state index is 0.0477. The number of nitrogens with zero attached hydrogens (tertiary/aromatic N) is 3. The summed E-state index contributed by atoms with van der Waals surface area (Å²) in [6.07, 6.45) is 1.31.